The van der Waals surface area contributed by atoms with Crippen LogP contribution >= 0.6 is 0 Å². The molecule has 0 aromatic carbocycles. The van der Waals surface area contributed by atoms with Gasteiger partial charge in [0.25, 0.3) is 5.91 Å². The molecule has 138 valence electrons. The summed E-state index contributed by atoms with van der Waals surface area (Å²) in [6, 6.07) is -0.0138. The summed E-state index contributed by atoms with van der Waals surface area (Å²) >= 11 is 0. The predicted molar refractivity (Wildman–Crippen MR) is 94.9 cm³/mol. The van der Waals surface area contributed by atoms with Crippen molar-refractivity contribution in [3.8, 4) is 0 Å². The summed E-state index contributed by atoms with van der Waals surface area (Å²) in [5.41, 5.74) is 0.150. The molecule has 2 aliphatic rings. The van der Waals surface area contributed by atoms with Crippen LogP contribution in [0.2, 0.25) is 0 Å². The fourth-order valence-electron chi connectivity index (χ4n) is 4.07. The molecule has 0 saturated carbocycles. The summed E-state index contributed by atoms with van der Waals surface area (Å²) < 4.78 is 1.85. The smallest absolute Gasteiger partial charge is 0.323 e. The molecule has 1 aromatic heterocycles. The van der Waals surface area contributed by atoms with Crippen molar-refractivity contribution in [1.29, 1.82) is 0 Å². The molecule has 7 heteroatoms. The van der Waals surface area contributed by atoms with Crippen molar-refractivity contribution in [2.75, 3.05) is 13.1 Å². The molecule has 3 amide bonds. The van der Waals surface area contributed by atoms with Crippen LogP contribution in [0.3, 0.4) is 0 Å². The normalized spacial score (nSPS) is 25.0. The van der Waals surface area contributed by atoms with E-state index in [1.807, 2.05) is 24.7 Å². The number of hydrogen-bond donors (Lipinski definition) is 2. The topological polar surface area (TPSA) is 79.3 Å². The van der Waals surface area contributed by atoms with E-state index in [4.69, 9.17) is 0 Å². The highest BCUT2D eigenvalue weighted by atomic mass is 16.2. The molecule has 1 aromatic rings. The van der Waals surface area contributed by atoms with Gasteiger partial charge in [-0.15, -0.1) is 0 Å². The highest BCUT2D eigenvalue weighted by Gasteiger charge is 2.54. The Hall–Kier alpha value is -1.89. The molecule has 0 bridgehead atoms. The number of carbonyl (C=O) groups is 2. The second kappa shape index (κ2) is 7.15. The first-order valence-electron chi connectivity index (χ1n) is 9.35. The first kappa shape index (κ1) is 17.9. The Bertz CT molecular complexity index is 635. The van der Waals surface area contributed by atoms with Crippen molar-refractivity contribution in [3.63, 3.8) is 0 Å². The van der Waals surface area contributed by atoms with Gasteiger partial charge in [-0.3, -0.25) is 14.4 Å². The number of aromatic nitrogens is 2. The second-order valence-corrected chi connectivity index (χ2v) is 7.49. The zero-order valence-electron chi connectivity index (χ0n) is 15.4. The summed E-state index contributed by atoms with van der Waals surface area (Å²) in [6.07, 6.45) is 7.07. The summed E-state index contributed by atoms with van der Waals surface area (Å²) in [6.45, 7) is 8.26. The van der Waals surface area contributed by atoms with E-state index in [2.05, 4.69) is 22.7 Å². The fourth-order valence-corrected chi connectivity index (χ4v) is 4.07. The van der Waals surface area contributed by atoms with Gasteiger partial charge in [0.2, 0.25) is 0 Å². The Morgan fingerprint density at radius 1 is 1.32 bits per heavy atom. The Labute approximate surface area is 149 Å². The maximum absolute atomic E-state index is 13.3. The van der Waals surface area contributed by atoms with Gasteiger partial charge in [-0.25, -0.2) is 4.79 Å². The molecule has 0 spiro atoms. The number of amides is 3. The molecule has 0 radical (unpaired) electrons. The second-order valence-electron chi connectivity index (χ2n) is 7.49. The van der Waals surface area contributed by atoms with Gasteiger partial charge in [-0.1, -0.05) is 13.3 Å². The number of carbonyl (C=O) groups excluding carboxylic acids is 2. The average molecular weight is 347 g/mol. The van der Waals surface area contributed by atoms with Gasteiger partial charge >= 0.3 is 6.03 Å². The number of imide groups is 1. The van der Waals surface area contributed by atoms with E-state index in [1.165, 1.54) is 4.90 Å². The van der Waals surface area contributed by atoms with Crippen LogP contribution in [0.1, 0.15) is 58.1 Å². The van der Waals surface area contributed by atoms with Gasteiger partial charge in [0.05, 0.1) is 12.7 Å². The molecule has 0 unspecified atom stereocenters. The average Bonchev–Trinajstić information content (AvgIpc) is 3.16. The maximum atomic E-state index is 13.3. The quantitative estimate of drug-likeness (QED) is 0.772. The number of piperidine rings is 1. The van der Waals surface area contributed by atoms with Crippen LogP contribution in [-0.4, -0.2) is 45.2 Å². The van der Waals surface area contributed by atoms with Crippen LogP contribution < -0.4 is 10.6 Å². The van der Waals surface area contributed by atoms with Crippen molar-refractivity contribution in [3.05, 3.63) is 18.0 Å². The Balaban J connectivity index is 1.81. The van der Waals surface area contributed by atoms with Crippen LogP contribution in [0, 0.1) is 5.92 Å². The van der Waals surface area contributed by atoms with E-state index >= 15 is 0 Å². The van der Waals surface area contributed by atoms with Gasteiger partial charge in [0, 0.05) is 17.8 Å². The van der Waals surface area contributed by atoms with Gasteiger partial charge in [-0.05, 0) is 52.1 Å². The monoisotopic (exact) mass is 347 g/mol. The van der Waals surface area contributed by atoms with Crippen LogP contribution in [0.4, 0.5) is 4.79 Å². The number of urea groups is 1. The summed E-state index contributed by atoms with van der Waals surface area (Å²) in [5, 5.41) is 10.7. The molecular formula is C18H29N5O2. The van der Waals surface area contributed by atoms with Crippen molar-refractivity contribution in [2.45, 2.75) is 64.6 Å². The van der Waals surface area contributed by atoms with Crippen molar-refractivity contribution in [1.82, 2.24) is 25.3 Å². The van der Waals surface area contributed by atoms with E-state index in [-0.39, 0.29) is 30.4 Å². The summed E-state index contributed by atoms with van der Waals surface area (Å²) in [5.74, 6) is 0.136. The number of nitrogens with zero attached hydrogens (tertiary/aromatic N) is 3. The van der Waals surface area contributed by atoms with Crippen molar-refractivity contribution < 1.29 is 9.59 Å². The van der Waals surface area contributed by atoms with E-state index < -0.39 is 5.54 Å². The third kappa shape index (κ3) is 3.29. The largest absolute Gasteiger partial charge is 0.325 e. The van der Waals surface area contributed by atoms with E-state index in [1.54, 1.807) is 6.20 Å². The minimum atomic E-state index is -0.734. The van der Waals surface area contributed by atoms with Crippen molar-refractivity contribution >= 4 is 11.9 Å². The van der Waals surface area contributed by atoms with Gasteiger partial charge < -0.3 is 10.6 Å². The molecule has 7 nitrogen and oxygen atoms in total. The van der Waals surface area contributed by atoms with Crippen LogP contribution in [0.25, 0.3) is 0 Å². The zero-order valence-corrected chi connectivity index (χ0v) is 15.4. The summed E-state index contributed by atoms with van der Waals surface area (Å²) in [4.78, 5) is 27.3. The molecule has 3 heterocycles. The van der Waals surface area contributed by atoms with E-state index in [0.29, 0.717) is 6.42 Å². The SMILES string of the molecule is CCC[C@@]1(C2CCNCC2)NC(=O)N(Cc2cnn(C(C)C)c2)C1=O. The van der Waals surface area contributed by atoms with Crippen LogP contribution in [0.15, 0.2) is 12.4 Å². The molecule has 2 fully saturated rings. The van der Waals surface area contributed by atoms with E-state index in [9.17, 15) is 9.59 Å². The van der Waals surface area contributed by atoms with Gasteiger partial charge in [0.15, 0.2) is 0 Å². The molecule has 2 aliphatic heterocycles. The lowest BCUT2D eigenvalue weighted by molar-refractivity contribution is -0.134. The molecule has 3 rings (SSSR count). The standard InChI is InChI=1S/C18H29N5O2/c1-4-7-18(15-5-8-19-9-6-15)16(24)22(17(25)21-18)11-14-10-20-23(12-14)13(2)3/h10,12-13,15,19H,4-9,11H2,1-3H3,(H,21,25)/t18-/m0/s1. The zero-order chi connectivity index (χ0) is 18.0. The van der Waals surface area contributed by atoms with Gasteiger partial charge in [-0.2, -0.15) is 5.10 Å². The lowest BCUT2D eigenvalue weighted by Crippen LogP contribution is -2.55. The molecule has 25 heavy (non-hydrogen) atoms. The highest BCUT2D eigenvalue weighted by molar-refractivity contribution is 6.07. The third-order valence-electron chi connectivity index (χ3n) is 5.41. The molecule has 2 N–H and O–H groups in total. The fraction of sp³-hybridized carbons (Fsp3) is 0.722. The first-order chi connectivity index (χ1) is 12.0. The Morgan fingerprint density at radius 3 is 2.64 bits per heavy atom. The first-order valence-corrected chi connectivity index (χ1v) is 9.35. The molecule has 1 atom stereocenters. The minimum Gasteiger partial charge on any atom is -0.323 e. The van der Waals surface area contributed by atoms with Crippen molar-refractivity contribution in [2.24, 2.45) is 5.92 Å². The molecular weight excluding hydrogens is 318 g/mol. The van der Waals surface area contributed by atoms with Gasteiger partial charge in [0.1, 0.15) is 5.54 Å². The lowest BCUT2D eigenvalue weighted by atomic mass is 9.75. The molecule has 2 saturated heterocycles. The lowest BCUT2D eigenvalue weighted by Gasteiger charge is -2.37. The van der Waals surface area contributed by atoms with E-state index in [0.717, 1.165) is 37.9 Å². The highest BCUT2D eigenvalue weighted by Crippen LogP contribution is 2.36. The predicted octanol–water partition coefficient (Wildman–Crippen LogP) is 2.05. The van der Waals surface area contributed by atoms with Crippen LogP contribution in [0.5, 0.6) is 0 Å². The maximum Gasteiger partial charge on any atom is 0.325 e. The number of hydrogen-bond acceptors (Lipinski definition) is 4. The third-order valence-corrected chi connectivity index (χ3v) is 5.41. The summed E-state index contributed by atoms with van der Waals surface area (Å²) in [7, 11) is 0. The van der Waals surface area contributed by atoms with Crippen LogP contribution in [-0.2, 0) is 11.3 Å². The number of nitrogens with one attached hydrogen (secondary N) is 2. The molecule has 0 aliphatic carbocycles. The number of rotatable bonds is 6. The Kier molecular flexibility index (Phi) is 5.13. The minimum absolute atomic E-state index is 0.0662. The Morgan fingerprint density at radius 2 is 2.04 bits per heavy atom.